The van der Waals surface area contributed by atoms with Gasteiger partial charge in [-0.05, 0) is 44.9 Å². The minimum absolute atomic E-state index is 0.515. The van der Waals surface area contributed by atoms with Crippen LogP contribution >= 0.6 is 0 Å². The summed E-state index contributed by atoms with van der Waals surface area (Å²) >= 11 is 0. The Kier molecular flexibility index (Phi) is 5.09. The Morgan fingerprint density at radius 3 is 2.71 bits per heavy atom. The van der Waals surface area contributed by atoms with Crippen LogP contribution in [0.1, 0.15) is 38.6 Å². The summed E-state index contributed by atoms with van der Waals surface area (Å²) in [6.07, 6.45) is 1.56. The van der Waals surface area contributed by atoms with Crippen LogP contribution in [0.25, 0.3) is 11.5 Å². The van der Waals surface area contributed by atoms with E-state index >= 15 is 0 Å². The predicted octanol–water partition coefficient (Wildman–Crippen LogP) is 2.90. The molecule has 0 saturated heterocycles. The van der Waals surface area contributed by atoms with E-state index in [1.807, 2.05) is 45.0 Å². The maximum Gasteiger partial charge on any atom is 0.258 e. The third-order valence-corrected chi connectivity index (χ3v) is 3.70. The highest BCUT2D eigenvalue weighted by atomic mass is 16.5. The molecule has 2 N–H and O–H groups in total. The van der Waals surface area contributed by atoms with Gasteiger partial charge in [-0.25, -0.2) is 0 Å². The summed E-state index contributed by atoms with van der Waals surface area (Å²) in [6, 6.07) is 7.96. The van der Waals surface area contributed by atoms with Crippen molar-refractivity contribution in [3.8, 4) is 11.5 Å². The van der Waals surface area contributed by atoms with Crippen LogP contribution in [-0.4, -0.2) is 23.3 Å². The maximum atomic E-state index is 5.79. The predicted molar refractivity (Wildman–Crippen MR) is 81.8 cm³/mol. The van der Waals surface area contributed by atoms with E-state index in [1.165, 1.54) is 0 Å². The van der Waals surface area contributed by atoms with Crippen molar-refractivity contribution in [3.63, 3.8) is 0 Å². The molecular formula is C16H23N3O2. The van der Waals surface area contributed by atoms with Crippen LogP contribution in [0.5, 0.6) is 0 Å². The summed E-state index contributed by atoms with van der Waals surface area (Å²) in [6.45, 7) is 7.19. The first-order chi connectivity index (χ1) is 10.1. The number of ether oxygens (including phenoxy) is 1. The lowest BCUT2D eigenvalue weighted by atomic mass is 10.0. The minimum Gasteiger partial charge on any atom is -0.367 e. The number of nitrogens with two attached hydrogens (primary N) is 1. The van der Waals surface area contributed by atoms with Crippen LogP contribution in [0.4, 0.5) is 0 Å². The average molecular weight is 289 g/mol. The van der Waals surface area contributed by atoms with E-state index in [0.29, 0.717) is 24.9 Å². The van der Waals surface area contributed by atoms with Crippen LogP contribution in [0.3, 0.4) is 0 Å². The molecule has 5 heteroatoms. The molecule has 0 saturated carbocycles. The summed E-state index contributed by atoms with van der Waals surface area (Å²) in [5.74, 6) is 1.11. The largest absolute Gasteiger partial charge is 0.367 e. The first-order valence-corrected chi connectivity index (χ1v) is 7.41. The van der Waals surface area contributed by atoms with E-state index in [2.05, 4.69) is 10.1 Å². The number of hydrogen-bond donors (Lipinski definition) is 1. The molecule has 0 aliphatic carbocycles. The fourth-order valence-corrected chi connectivity index (χ4v) is 2.29. The molecule has 114 valence electrons. The van der Waals surface area contributed by atoms with Gasteiger partial charge in [0.1, 0.15) is 5.60 Å². The Morgan fingerprint density at radius 1 is 1.29 bits per heavy atom. The van der Waals surface area contributed by atoms with E-state index in [4.69, 9.17) is 15.0 Å². The molecule has 0 aliphatic heterocycles. The van der Waals surface area contributed by atoms with Crippen molar-refractivity contribution in [1.29, 1.82) is 0 Å². The van der Waals surface area contributed by atoms with Gasteiger partial charge < -0.3 is 15.0 Å². The van der Waals surface area contributed by atoms with Crippen molar-refractivity contribution in [2.75, 3.05) is 13.2 Å². The van der Waals surface area contributed by atoms with Gasteiger partial charge in [-0.15, -0.1) is 0 Å². The van der Waals surface area contributed by atoms with Crippen LogP contribution in [0, 0.1) is 0 Å². The van der Waals surface area contributed by atoms with Crippen molar-refractivity contribution < 1.29 is 9.26 Å². The second kappa shape index (κ2) is 6.83. The lowest BCUT2D eigenvalue weighted by Crippen LogP contribution is -2.26. The van der Waals surface area contributed by atoms with E-state index < -0.39 is 5.60 Å². The summed E-state index contributed by atoms with van der Waals surface area (Å²) in [5.41, 5.74) is 7.20. The fraction of sp³-hybridized carbons (Fsp3) is 0.500. The second-order valence-corrected chi connectivity index (χ2v) is 5.14. The van der Waals surface area contributed by atoms with Crippen LogP contribution in [0.2, 0.25) is 0 Å². The van der Waals surface area contributed by atoms with Gasteiger partial charge in [-0.2, -0.15) is 4.98 Å². The number of benzene rings is 1. The Labute approximate surface area is 125 Å². The highest BCUT2D eigenvalue weighted by Gasteiger charge is 2.31. The standard InChI is InChI=1S/C16H23N3O2/c1-4-16(3,20-5-2)15-18-14(21-19-15)13-9-7-6-8-12(13)10-11-17/h6-9H,4-5,10-11,17H2,1-3H3. The smallest absolute Gasteiger partial charge is 0.258 e. The molecule has 0 amide bonds. The Morgan fingerprint density at radius 2 is 2.05 bits per heavy atom. The zero-order valence-electron chi connectivity index (χ0n) is 12.9. The second-order valence-electron chi connectivity index (χ2n) is 5.14. The van der Waals surface area contributed by atoms with Gasteiger partial charge in [0.05, 0.1) is 0 Å². The molecule has 1 aromatic carbocycles. The number of hydrogen-bond acceptors (Lipinski definition) is 5. The maximum absolute atomic E-state index is 5.79. The molecule has 0 radical (unpaired) electrons. The van der Waals surface area contributed by atoms with Gasteiger partial charge in [-0.1, -0.05) is 30.3 Å². The molecule has 0 bridgehead atoms. The van der Waals surface area contributed by atoms with E-state index in [0.717, 1.165) is 24.0 Å². The summed E-state index contributed by atoms with van der Waals surface area (Å²) in [4.78, 5) is 4.54. The highest BCUT2D eigenvalue weighted by molar-refractivity contribution is 5.58. The van der Waals surface area contributed by atoms with Gasteiger partial charge in [0.15, 0.2) is 0 Å². The minimum atomic E-state index is -0.515. The number of nitrogens with zero attached hydrogens (tertiary/aromatic N) is 2. The van der Waals surface area contributed by atoms with E-state index in [-0.39, 0.29) is 0 Å². The van der Waals surface area contributed by atoms with Crippen molar-refractivity contribution in [2.45, 2.75) is 39.2 Å². The lowest BCUT2D eigenvalue weighted by Gasteiger charge is -2.23. The van der Waals surface area contributed by atoms with Crippen molar-refractivity contribution in [3.05, 3.63) is 35.7 Å². The molecule has 1 unspecified atom stereocenters. The molecular weight excluding hydrogens is 266 g/mol. The number of aromatic nitrogens is 2. The molecule has 5 nitrogen and oxygen atoms in total. The molecule has 0 spiro atoms. The van der Waals surface area contributed by atoms with Gasteiger partial charge >= 0.3 is 0 Å². The van der Waals surface area contributed by atoms with Gasteiger partial charge in [0.25, 0.3) is 5.89 Å². The quantitative estimate of drug-likeness (QED) is 0.848. The van der Waals surface area contributed by atoms with Crippen molar-refractivity contribution >= 4 is 0 Å². The van der Waals surface area contributed by atoms with E-state index in [9.17, 15) is 0 Å². The summed E-state index contributed by atoms with van der Waals surface area (Å²) in [5, 5.41) is 4.11. The van der Waals surface area contributed by atoms with Crippen molar-refractivity contribution in [2.24, 2.45) is 5.73 Å². The highest BCUT2D eigenvalue weighted by Crippen LogP contribution is 2.29. The molecule has 2 rings (SSSR count). The van der Waals surface area contributed by atoms with Crippen LogP contribution < -0.4 is 5.73 Å². The summed E-state index contributed by atoms with van der Waals surface area (Å²) < 4.78 is 11.2. The van der Waals surface area contributed by atoms with E-state index in [1.54, 1.807) is 0 Å². The Bertz CT molecular complexity index is 582. The number of rotatable bonds is 7. The molecule has 0 fully saturated rings. The zero-order chi connectivity index (χ0) is 15.3. The van der Waals surface area contributed by atoms with Gasteiger partial charge in [-0.3, -0.25) is 0 Å². The SMILES string of the molecule is CCOC(C)(CC)c1noc(-c2ccccc2CCN)n1. The first-order valence-electron chi connectivity index (χ1n) is 7.41. The average Bonchev–Trinajstić information content (AvgIpc) is 2.99. The molecule has 1 atom stereocenters. The fourth-order valence-electron chi connectivity index (χ4n) is 2.29. The Balaban J connectivity index is 2.36. The molecule has 1 heterocycles. The van der Waals surface area contributed by atoms with Gasteiger partial charge in [0.2, 0.25) is 5.82 Å². The summed E-state index contributed by atoms with van der Waals surface area (Å²) in [7, 11) is 0. The normalized spacial score (nSPS) is 14.1. The van der Waals surface area contributed by atoms with Crippen molar-refractivity contribution in [1.82, 2.24) is 10.1 Å². The van der Waals surface area contributed by atoms with Crippen LogP contribution in [0.15, 0.2) is 28.8 Å². The molecule has 21 heavy (non-hydrogen) atoms. The third kappa shape index (κ3) is 3.31. The molecule has 1 aromatic heterocycles. The molecule has 0 aliphatic rings. The van der Waals surface area contributed by atoms with Crippen LogP contribution in [-0.2, 0) is 16.8 Å². The zero-order valence-corrected chi connectivity index (χ0v) is 12.9. The third-order valence-electron chi connectivity index (χ3n) is 3.70. The van der Waals surface area contributed by atoms with Gasteiger partial charge in [0, 0.05) is 12.2 Å². The first kappa shape index (κ1) is 15.7. The monoisotopic (exact) mass is 289 g/mol. The lowest BCUT2D eigenvalue weighted by molar-refractivity contribution is -0.0403. The topological polar surface area (TPSA) is 74.2 Å². The Hall–Kier alpha value is -1.72. The molecule has 2 aromatic rings.